The fourth-order valence-corrected chi connectivity index (χ4v) is 4.15. The van der Waals surface area contributed by atoms with E-state index in [1.165, 1.54) is 55.2 Å². The van der Waals surface area contributed by atoms with Gasteiger partial charge in [-0.05, 0) is 19.3 Å². The molecule has 1 aliphatic rings. The first-order chi connectivity index (χ1) is 9.19. The summed E-state index contributed by atoms with van der Waals surface area (Å²) in [5.41, 5.74) is 5.33. The molecule has 5 nitrogen and oxygen atoms in total. The summed E-state index contributed by atoms with van der Waals surface area (Å²) in [6.45, 7) is 1.95. The number of carbonyl (C=O) groups excluding carboxylic acids is 1. The van der Waals surface area contributed by atoms with Gasteiger partial charge in [0.15, 0.2) is 4.34 Å². The maximum atomic E-state index is 11.2. The standard InChI is InChI=1S/C12H20N4OS2/c1-2-9(10(13)17)18-12-16-15-11(19-12)14-8-6-4-3-5-7-8/h8-9H,2-7H2,1H3,(H2,13,17)(H,14,15)/t9-/m1/s1. The van der Waals surface area contributed by atoms with Crippen LogP contribution in [0.15, 0.2) is 4.34 Å². The fourth-order valence-electron chi connectivity index (χ4n) is 2.20. The zero-order valence-electron chi connectivity index (χ0n) is 11.1. The van der Waals surface area contributed by atoms with Gasteiger partial charge in [0.05, 0.1) is 5.25 Å². The number of thioether (sulfide) groups is 1. The van der Waals surface area contributed by atoms with Crippen molar-refractivity contribution >= 4 is 34.1 Å². The van der Waals surface area contributed by atoms with E-state index in [1.54, 1.807) is 0 Å². The number of aromatic nitrogens is 2. The van der Waals surface area contributed by atoms with Gasteiger partial charge in [-0.25, -0.2) is 0 Å². The number of hydrogen-bond donors (Lipinski definition) is 2. The molecule has 1 aliphatic carbocycles. The third-order valence-electron chi connectivity index (χ3n) is 3.27. The van der Waals surface area contributed by atoms with Gasteiger partial charge in [0, 0.05) is 6.04 Å². The minimum Gasteiger partial charge on any atom is -0.369 e. The highest BCUT2D eigenvalue weighted by atomic mass is 32.2. The molecule has 0 spiro atoms. The van der Waals surface area contributed by atoms with Crippen LogP contribution in [0.1, 0.15) is 45.4 Å². The van der Waals surface area contributed by atoms with Gasteiger partial charge in [0.2, 0.25) is 11.0 Å². The van der Waals surface area contributed by atoms with Crippen molar-refractivity contribution in [1.29, 1.82) is 0 Å². The van der Waals surface area contributed by atoms with Gasteiger partial charge in [0.1, 0.15) is 0 Å². The van der Waals surface area contributed by atoms with Crippen LogP contribution in [-0.4, -0.2) is 27.4 Å². The number of nitrogens with one attached hydrogen (secondary N) is 1. The lowest BCUT2D eigenvalue weighted by Crippen LogP contribution is -2.24. The Hall–Kier alpha value is -0.820. The molecule has 1 aromatic rings. The third kappa shape index (κ3) is 4.35. The maximum Gasteiger partial charge on any atom is 0.230 e. The molecule has 0 aliphatic heterocycles. The van der Waals surface area contributed by atoms with Crippen LogP contribution in [0.25, 0.3) is 0 Å². The SMILES string of the molecule is CC[C@@H](Sc1nnc(NC2CCCCC2)s1)C(N)=O. The van der Waals surface area contributed by atoms with E-state index in [-0.39, 0.29) is 11.2 Å². The smallest absolute Gasteiger partial charge is 0.230 e. The van der Waals surface area contributed by atoms with Gasteiger partial charge < -0.3 is 11.1 Å². The average molecular weight is 300 g/mol. The Labute approximate surface area is 121 Å². The zero-order valence-corrected chi connectivity index (χ0v) is 12.7. The molecule has 1 heterocycles. The van der Waals surface area contributed by atoms with E-state index in [9.17, 15) is 4.79 Å². The minimum atomic E-state index is -0.288. The molecule has 0 bridgehead atoms. The number of carbonyl (C=O) groups is 1. The van der Waals surface area contributed by atoms with E-state index >= 15 is 0 Å². The van der Waals surface area contributed by atoms with Crippen LogP contribution < -0.4 is 11.1 Å². The van der Waals surface area contributed by atoms with Crippen molar-refractivity contribution in [3.63, 3.8) is 0 Å². The first kappa shape index (κ1) is 14.6. The molecule has 7 heteroatoms. The normalized spacial score (nSPS) is 18.2. The van der Waals surface area contributed by atoms with Gasteiger partial charge >= 0.3 is 0 Å². The van der Waals surface area contributed by atoms with Crippen LogP contribution in [0, 0.1) is 0 Å². The number of hydrogen-bond acceptors (Lipinski definition) is 6. The van der Waals surface area contributed by atoms with E-state index in [2.05, 4.69) is 15.5 Å². The van der Waals surface area contributed by atoms with Crippen molar-refractivity contribution in [2.75, 3.05) is 5.32 Å². The van der Waals surface area contributed by atoms with Crippen molar-refractivity contribution in [2.24, 2.45) is 5.73 Å². The van der Waals surface area contributed by atoms with Crippen LogP contribution in [-0.2, 0) is 4.79 Å². The van der Waals surface area contributed by atoms with Gasteiger partial charge in [0.25, 0.3) is 0 Å². The van der Waals surface area contributed by atoms with Crippen LogP contribution in [0.2, 0.25) is 0 Å². The monoisotopic (exact) mass is 300 g/mol. The van der Waals surface area contributed by atoms with Crippen LogP contribution in [0.4, 0.5) is 5.13 Å². The largest absolute Gasteiger partial charge is 0.369 e. The molecule has 1 fully saturated rings. The topological polar surface area (TPSA) is 80.9 Å². The second-order valence-electron chi connectivity index (χ2n) is 4.77. The molecule has 0 radical (unpaired) electrons. The molecule has 19 heavy (non-hydrogen) atoms. The zero-order chi connectivity index (χ0) is 13.7. The molecular weight excluding hydrogens is 280 g/mol. The highest BCUT2D eigenvalue weighted by Gasteiger charge is 2.19. The summed E-state index contributed by atoms with van der Waals surface area (Å²) in [4.78, 5) is 11.2. The highest BCUT2D eigenvalue weighted by molar-refractivity contribution is 8.02. The summed E-state index contributed by atoms with van der Waals surface area (Å²) in [5, 5.41) is 12.3. The van der Waals surface area contributed by atoms with Crippen molar-refractivity contribution in [2.45, 2.75) is 61.1 Å². The molecule has 1 atom stereocenters. The van der Waals surface area contributed by atoms with Gasteiger partial charge in [-0.3, -0.25) is 4.79 Å². The number of primary amides is 1. The molecule has 1 amide bonds. The summed E-state index contributed by atoms with van der Waals surface area (Å²) in [6.07, 6.45) is 7.05. The lowest BCUT2D eigenvalue weighted by Gasteiger charge is -2.21. The number of nitrogens with two attached hydrogens (primary N) is 1. The quantitative estimate of drug-likeness (QED) is 0.789. The van der Waals surface area contributed by atoms with E-state index in [4.69, 9.17) is 5.73 Å². The predicted molar refractivity (Wildman–Crippen MR) is 79.5 cm³/mol. The third-order valence-corrected chi connectivity index (χ3v) is 5.59. The summed E-state index contributed by atoms with van der Waals surface area (Å²) in [7, 11) is 0. The molecule has 2 rings (SSSR count). The molecular formula is C12H20N4OS2. The summed E-state index contributed by atoms with van der Waals surface area (Å²) < 4.78 is 0.809. The Morgan fingerprint density at radius 1 is 1.47 bits per heavy atom. The predicted octanol–water partition coefficient (Wildman–Crippen LogP) is 2.64. The number of nitrogens with zero attached hydrogens (tertiary/aromatic N) is 2. The second kappa shape index (κ2) is 7.09. The number of amides is 1. The minimum absolute atomic E-state index is 0.213. The molecule has 0 aromatic carbocycles. The van der Waals surface area contributed by atoms with Crippen molar-refractivity contribution in [3.05, 3.63) is 0 Å². The Balaban J connectivity index is 1.89. The fraction of sp³-hybridized carbons (Fsp3) is 0.750. The second-order valence-corrected chi connectivity index (χ2v) is 7.20. The average Bonchev–Trinajstić information content (AvgIpc) is 2.84. The van der Waals surface area contributed by atoms with Crippen LogP contribution in [0.3, 0.4) is 0 Å². The first-order valence-corrected chi connectivity index (χ1v) is 8.44. The van der Waals surface area contributed by atoms with Crippen LogP contribution >= 0.6 is 23.1 Å². The lowest BCUT2D eigenvalue weighted by atomic mass is 9.96. The van der Waals surface area contributed by atoms with E-state index in [0.717, 1.165) is 9.47 Å². The summed E-state index contributed by atoms with van der Waals surface area (Å²) in [5.74, 6) is -0.288. The Kier molecular flexibility index (Phi) is 5.45. The van der Waals surface area contributed by atoms with Crippen LogP contribution in [0.5, 0.6) is 0 Å². The van der Waals surface area contributed by atoms with Crippen molar-refractivity contribution < 1.29 is 4.79 Å². The molecule has 1 saturated carbocycles. The van der Waals surface area contributed by atoms with E-state index in [0.29, 0.717) is 12.5 Å². The molecule has 0 unspecified atom stereocenters. The number of anilines is 1. The van der Waals surface area contributed by atoms with Gasteiger partial charge in [-0.2, -0.15) is 0 Å². The Morgan fingerprint density at radius 3 is 2.84 bits per heavy atom. The Bertz CT molecular complexity index is 418. The van der Waals surface area contributed by atoms with Crippen molar-refractivity contribution in [1.82, 2.24) is 10.2 Å². The number of rotatable bonds is 6. The lowest BCUT2D eigenvalue weighted by molar-refractivity contribution is -0.117. The summed E-state index contributed by atoms with van der Waals surface area (Å²) in [6, 6.07) is 0.526. The van der Waals surface area contributed by atoms with Gasteiger partial charge in [-0.15, -0.1) is 10.2 Å². The molecule has 1 aromatic heterocycles. The first-order valence-electron chi connectivity index (χ1n) is 6.75. The highest BCUT2D eigenvalue weighted by Crippen LogP contribution is 2.31. The van der Waals surface area contributed by atoms with E-state index in [1.807, 2.05) is 6.92 Å². The molecule has 106 valence electrons. The van der Waals surface area contributed by atoms with Gasteiger partial charge in [-0.1, -0.05) is 49.3 Å². The summed E-state index contributed by atoms with van der Waals surface area (Å²) >= 11 is 2.92. The van der Waals surface area contributed by atoms with E-state index < -0.39 is 0 Å². The maximum absolute atomic E-state index is 11.2. The molecule has 3 N–H and O–H groups in total. The van der Waals surface area contributed by atoms with Crippen molar-refractivity contribution in [3.8, 4) is 0 Å². The molecule has 0 saturated heterocycles. The Morgan fingerprint density at radius 2 is 2.21 bits per heavy atom.